The van der Waals surface area contributed by atoms with E-state index in [1.807, 2.05) is 30.3 Å². The third kappa shape index (κ3) is 4.39. The van der Waals surface area contributed by atoms with Crippen LogP contribution in [0, 0.1) is 0 Å². The third-order valence-electron chi connectivity index (χ3n) is 2.76. The Morgan fingerprint density at radius 3 is 2.43 bits per heavy atom. The normalized spacial score (nSPS) is 11.9. The van der Waals surface area contributed by atoms with Crippen molar-refractivity contribution in [2.45, 2.75) is 12.5 Å². The number of thiophene rings is 1. The fourth-order valence-electron chi connectivity index (χ4n) is 1.74. The van der Waals surface area contributed by atoms with Crippen molar-refractivity contribution in [1.29, 1.82) is 0 Å². The molecule has 1 heterocycles. The number of hydrogen-bond acceptors (Lipinski definition) is 3. The van der Waals surface area contributed by atoms with Gasteiger partial charge in [0.15, 0.2) is 0 Å². The molecule has 0 aliphatic heterocycles. The molecule has 0 radical (unpaired) electrons. The molecule has 0 aliphatic rings. The Balaban J connectivity index is 2.09. The molecular formula is C14H11Br2NO3S. The molecule has 0 aliphatic carbocycles. The number of carbonyl (C=O) groups excluding carboxylic acids is 1. The summed E-state index contributed by atoms with van der Waals surface area (Å²) in [5.74, 6) is -1.45. The molecule has 0 saturated heterocycles. The van der Waals surface area contributed by atoms with Gasteiger partial charge in [-0.25, -0.2) is 4.79 Å². The monoisotopic (exact) mass is 431 g/mol. The van der Waals surface area contributed by atoms with Crippen LogP contribution in [0.25, 0.3) is 0 Å². The number of aliphatic carboxylic acids is 1. The lowest BCUT2D eigenvalue weighted by Gasteiger charge is -2.14. The Labute approximate surface area is 142 Å². The highest BCUT2D eigenvalue weighted by Crippen LogP contribution is 2.32. The molecular weight excluding hydrogens is 422 g/mol. The number of rotatable bonds is 5. The van der Waals surface area contributed by atoms with E-state index in [1.54, 1.807) is 6.07 Å². The van der Waals surface area contributed by atoms with E-state index >= 15 is 0 Å². The van der Waals surface area contributed by atoms with Gasteiger partial charge < -0.3 is 10.4 Å². The SMILES string of the molecule is O=C(N[C@@H](Cc1ccccc1)C(=O)O)c1cc(Br)c(Br)s1. The van der Waals surface area contributed by atoms with Crippen molar-refractivity contribution < 1.29 is 14.7 Å². The van der Waals surface area contributed by atoms with Crippen LogP contribution < -0.4 is 5.32 Å². The summed E-state index contributed by atoms with van der Waals surface area (Å²) in [5.41, 5.74) is 0.860. The number of amides is 1. The second-order valence-corrected chi connectivity index (χ2v) is 7.51. The lowest BCUT2D eigenvalue weighted by atomic mass is 10.1. The van der Waals surface area contributed by atoms with Gasteiger partial charge in [0.1, 0.15) is 6.04 Å². The first-order valence-electron chi connectivity index (χ1n) is 6.00. The van der Waals surface area contributed by atoms with Crippen molar-refractivity contribution in [3.8, 4) is 0 Å². The van der Waals surface area contributed by atoms with E-state index in [9.17, 15) is 14.7 Å². The number of carboxylic acids is 1. The summed E-state index contributed by atoms with van der Waals surface area (Å²) in [6.07, 6.45) is 0.246. The predicted molar refractivity (Wildman–Crippen MR) is 88.8 cm³/mol. The maximum absolute atomic E-state index is 12.1. The van der Waals surface area contributed by atoms with Crippen molar-refractivity contribution in [2.24, 2.45) is 0 Å². The number of nitrogens with one attached hydrogen (secondary N) is 1. The quantitative estimate of drug-likeness (QED) is 0.756. The van der Waals surface area contributed by atoms with Gasteiger partial charge in [0.2, 0.25) is 0 Å². The summed E-state index contributed by atoms with van der Waals surface area (Å²) in [7, 11) is 0. The molecule has 1 aromatic carbocycles. The molecule has 1 amide bonds. The largest absolute Gasteiger partial charge is 0.480 e. The standard InChI is InChI=1S/C14H11Br2NO3S/c15-9-7-11(21-12(9)16)13(18)17-10(14(19)20)6-8-4-2-1-3-5-8/h1-5,7,10H,6H2,(H,17,18)(H,19,20)/t10-/m0/s1. The van der Waals surface area contributed by atoms with Gasteiger partial charge in [-0.2, -0.15) is 0 Å². The maximum Gasteiger partial charge on any atom is 0.326 e. The highest BCUT2D eigenvalue weighted by atomic mass is 79.9. The number of benzene rings is 1. The Bertz CT molecular complexity index is 638. The Hall–Kier alpha value is -1.18. The van der Waals surface area contributed by atoms with E-state index < -0.39 is 17.9 Å². The molecule has 1 aromatic heterocycles. The van der Waals surface area contributed by atoms with E-state index in [4.69, 9.17) is 0 Å². The minimum Gasteiger partial charge on any atom is -0.480 e. The molecule has 2 aromatic rings. The van der Waals surface area contributed by atoms with Gasteiger partial charge in [-0.1, -0.05) is 30.3 Å². The van der Waals surface area contributed by atoms with Gasteiger partial charge in [-0.3, -0.25) is 4.79 Å². The molecule has 110 valence electrons. The van der Waals surface area contributed by atoms with E-state index in [2.05, 4.69) is 37.2 Å². The molecule has 0 bridgehead atoms. The zero-order valence-electron chi connectivity index (χ0n) is 10.7. The number of halogens is 2. The Kier molecular flexibility index (Phi) is 5.55. The molecule has 2 N–H and O–H groups in total. The van der Waals surface area contributed by atoms with E-state index in [0.717, 1.165) is 13.8 Å². The average molecular weight is 433 g/mol. The van der Waals surface area contributed by atoms with Crippen molar-refractivity contribution in [2.75, 3.05) is 0 Å². The van der Waals surface area contributed by atoms with Crippen molar-refractivity contribution in [3.05, 3.63) is 55.1 Å². The summed E-state index contributed by atoms with van der Waals surface area (Å²) in [4.78, 5) is 23.9. The van der Waals surface area contributed by atoms with Crippen LogP contribution >= 0.6 is 43.2 Å². The lowest BCUT2D eigenvalue weighted by molar-refractivity contribution is -0.139. The van der Waals surface area contributed by atoms with Gasteiger partial charge in [0.25, 0.3) is 5.91 Å². The Morgan fingerprint density at radius 2 is 1.90 bits per heavy atom. The molecule has 0 spiro atoms. The molecule has 7 heteroatoms. The topological polar surface area (TPSA) is 66.4 Å². The summed E-state index contributed by atoms with van der Waals surface area (Å²) in [6, 6.07) is 9.90. The van der Waals surface area contributed by atoms with E-state index in [1.165, 1.54) is 11.3 Å². The average Bonchev–Trinajstić information content (AvgIpc) is 2.79. The first-order chi connectivity index (χ1) is 9.97. The fraction of sp³-hybridized carbons (Fsp3) is 0.143. The van der Waals surface area contributed by atoms with Gasteiger partial charge >= 0.3 is 5.97 Å². The number of hydrogen-bond donors (Lipinski definition) is 2. The van der Waals surface area contributed by atoms with Gasteiger partial charge in [0, 0.05) is 10.9 Å². The molecule has 4 nitrogen and oxygen atoms in total. The van der Waals surface area contributed by atoms with Crippen molar-refractivity contribution in [3.63, 3.8) is 0 Å². The zero-order valence-corrected chi connectivity index (χ0v) is 14.7. The van der Waals surface area contributed by atoms with E-state index in [0.29, 0.717) is 4.88 Å². The predicted octanol–water partition coefficient (Wildman–Crippen LogP) is 3.70. The zero-order chi connectivity index (χ0) is 15.4. The first kappa shape index (κ1) is 16.2. The number of carbonyl (C=O) groups is 2. The van der Waals surface area contributed by atoms with Crippen molar-refractivity contribution in [1.82, 2.24) is 5.32 Å². The second kappa shape index (κ2) is 7.20. The smallest absolute Gasteiger partial charge is 0.326 e. The van der Waals surface area contributed by atoms with Crippen LogP contribution in [0.15, 0.2) is 44.7 Å². The summed E-state index contributed by atoms with van der Waals surface area (Å²) in [6.45, 7) is 0. The van der Waals surface area contributed by atoms with Crippen LogP contribution in [0.3, 0.4) is 0 Å². The lowest BCUT2D eigenvalue weighted by Crippen LogP contribution is -2.42. The van der Waals surface area contributed by atoms with Crippen LogP contribution in [0.1, 0.15) is 15.2 Å². The fourth-order valence-corrected chi connectivity index (χ4v) is 3.68. The number of carboxylic acid groups (broad SMARTS) is 1. The van der Waals surface area contributed by atoms with E-state index in [-0.39, 0.29) is 6.42 Å². The highest BCUT2D eigenvalue weighted by Gasteiger charge is 2.22. The van der Waals surface area contributed by atoms with Crippen LogP contribution in [-0.4, -0.2) is 23.0 Å². The maximum atomic E-state index is 12.1. The van der Waals surface area contributed by atoms with Gasteiger partial charge in [-0.05, 0) is 43.5 Å². The first-order valence-corrected chi connectivity index (χ1v) is 8.40. The third-order valence-corrected chi connectivity index (χ3v) is 6.01. The van der Waals surface area contributed by atoms with Gasteiger partial charge in [-0.15, -0.1) is 11.3 Å². The van der Waals surface area contributed by atoms with Crippen LogP contribution in [0.5, 0.6) is 0 Å². The minimum atomic E-state index is -1.05. The molecule has 1 atom stereocenters. The molecule has 2 rings (SSSR count). The minimum absolute atomic E-state index is 0.246. The van der Waals surface area contributed by atoms with Crippen molar-refractivity contribution >= 4 is 55.1 Å². The van der Waals surface area contributed by atoms with Crippen LogP contribution in [-0.2, 0) is 11.2 Å². The molecule has 21 heavy (non-hydrogen) atoms. The highest BCUT2D eigenvalue weighted by molar-refractivity contribution is 9.13. The summed E-state index contributed by atoms with van der Waals surface area (Å²) in [5, 5.41) is 11.8. The second-order valence-electron chi connectivity index (χ2n) is 4.29. The molecule has 0 saturated carbocycles. The molecule has 0 unspecified atom stereocenters. The summed E-state index contributed by atoms with van der Waals surface area (Å²) < 4.78 is 1.56. The van der Waals surface area contributed by atoms with Gasteiger partial charge in [0.05, 0.1) is 8.66 Å². The van der Waals surface area contributed by atoms with Crippen LogP contribution in [0.4, 0.5) is 0 Å². The Morgan fingerprint density at radius 1 is 1.24 bits per heavy atom. The summed E-state index contributed by atoms with van der Waals surface area (Å²) >= 11 is 7.86. The van der Waals surface area contributed by atoms with Crippen LogP contribution in [0.2, 0.25) is 0 Å². The molecule has 0 fully saturated rings.